The first-order valence-electron chi connectivity index (χ1n) is 25.1. The third kappa shape index (κ3) is 11.1. The Kier molecular flexibility index (Phi) is 16.3. The monoisotopic (exact) mass is 1050 g/mol. The van der Waals surface area contributed by atoms with Gasteiger partial charge in [-0.1, -0.05) is 72.8 Å². The van der Waals surface area contributed by atoms with Gasteiger partial charge >= 0.3 is 12.1 Å². The first-order valence-corrected chi connectivity index (χ1v) is 25.1. The number of hydrogen-bond donors (Lipinski definition) is 9. The molecule has 0 radical (unpaired) electrons. The fraction of sp³-hybridized carbons (Fsp3) is 0.509. The number of hydrogen-bond acceptors (Lipinski definition) is 20. The van der Waals surface area contributed by atoms with Crippen LogP contribution in [0.15, 0.2) is 97.1 Å². The maximum absolute atomic E-state index is 13.3. The highest BCUT2D eigenvalue weighted by Gasteiger charge is 2.55. The van der Waals surface area contributed by atoms with Crippen molar-refractivity contribution >= 4 is 17.7 Å². The van der Waals surface area contributed by atoms with Crippen molar-refractivity contribution in [2.75, 3.05) is 57.5 Å². The van der Waals surface area contributed by atoms with Gasteiger partial charge in [-0.3, -0.25) is 4.79 Å². The molecule has 0 bridgehead atoms. The molecule has 4 aromatic carbocycles. The molecule has 4 aromatic rings. The number of rotatable bonds is 15. The Morgan fingerprint density at radius 1 is 0.627 bits per heavy atom. The molecular formula is C53H62N2O20. The second-order valence-corrected chi connectivity index (χ2v) is 19.4. The topological polar surface area (TPSA) is 306 Å². The van der Waals surface area contributed by atoms with Crippen molar-refractivity contribution < 1.29 is 98.2 Å². The fourth-order valence-electron chi connectivity index (χ4n) is 10.6. The minimum absolute atomic E-state index is 0.0423. The van der Waals surface area contributed by atoms with Crippen LogP contribution in [0.25, 0.3) is 11.1 Å². The maximum atomic E-state index is 13.3. The molecule has 1 amide bonds. The van der Waals surface area contributed by atoms with E-state index in [0.717, 1.165) is 27.9 Å². The van der Waals surface area contributed by atoms with E-state index in [0.29, 0.717) is 37.3 Å². The van der Waals surface area contributed by atoms with Crippen molar-refractivity contribution in [3.63, 3.8) is 0 Å². The molecule has 1 aliphatic carbocycles. The van der Waals surface area contributed by atoms with Gasteiger partial charge in [0.15, 0.2) is 18.9 Å². The molecule has 5 fully saturated rings. The molecule has 0 saturated carbocycles. The molecule has 5 saturated heterocycles. The number of carboxylic acids is 1. The van der Waals surface area contributed by atoms with E-state index < -0.39 is 118 Å². The highest BCUT2D eigenvalue weighted by molar-refractivity contribution is 5.79. The number of piperazine rings is 1. The van der Waals surface area contributed by atoms with Crippen molar-refractivity contribution in [2.24, 2.45) is 0 Å². The van der Waals surface area contributed by atoms with E-state index in [1.807, 2.05) is 42.5 Å². The molecule has 5 aliphatic heterocycles. The summed E-state index contributed by atoms with van der Waals surface area (Å²) in [6.07, 6.45) is -25.0. The van der Waals surface area contributed by atoms with Crippen LogP contribution in [0, 0.1) is 0 Å². The van der Waals surface area contributed by atoms with E-state index in [1.165, 1.54) is 12.1 Å². The lowest BCUT2D eigenvalue weighted by Gasteiger charge is -2.49. The van der Waals surface area contributed by atoms with Gasteiger partial charge in [0, 0.05) is 49.8 Å². The molecule has 22 heteroatoms. The van der Waals surface area contributed by atoms with E-state index in [-0.39, 0.29) is 43.8 Å². The minimum Gasteiger partial charge on any atom is -0.481 e. The van der Waals surface area contributed by atoms with Crippen LogP contribution < -0.4 is 9.64 Å². The number of fused-ring (bicyclic) bond motifs is 4. The van der Waals surface area contributed by atoms with Crippen LogP contribution in [-0.4, -0.2) is 208 Å². The zero-order valence-corrected chi connectivity index (χ0v) is 40.5. The van der Waals surface area contributed by atoms with Crippen molar-refractivity contribution in [3.05, 3.63) is 119 Å². The Bertz CT molecular complexity index is 2530. The number of benzene rings is 4. The molecule has 0 spiro atoms. The summed E-state index contributed by atoms with van der Waals surface area (Å²) in [5, 5.41) is 96.9. The third-order valence-electron chi connectivity index (χ3n) is 14.7. The smallest absolute Gasteiger partial charge is 0.409 e. The van der Waals surface area contributed by atoms with Gasteiger partial charge in [0.2, 0.25) is 6.29 Å². The Morgan fingerprint density at radius 2 is 1.21 bits per heavy atom. The highest BCUT2D eigenvalue weighted by atomic mass is 16.8. The van der Waals surface area contributed by atoms with Gasteiger partial charge in [0.05, 0.1) is 19.8 Å². The van der Waals surface area contributed by atoms with Gasteiger partial charge in [-0.05, 0) is 58.5 Å². The Balaban J connectivity index is 0.702. The van der Waals surface area contributed by atoms with Gasteiger partial charge in [0.25, 0.3) is 0 Å². The van der Waals surface area contributed by atoms with Crippen molar-refractivity contribution in [3.8, 4) is 16.9 Å². The second kappa shape index (κ2) is 23.1. The van der Waals surface area contributed by atoms with Gasteiger partial charge < -0.3 is 98.4 Å². The zero-order chi connectivity index (χ0) is 52.5. The number of aliphatic hydroxyl groups excluding tert-OH is 8. The van der Waals surface area contributed by atoms with Crippen LogP contribution in [0.2, 0.25) is 0 Å². The number of amides is 1. The summed E-state index contributed by atoms with van der Waals surface area (Å²) in [5.41, 5.74) is 6.80. The summed E-state index contributed by atoms with van der Waals surface area (Å²) in [6.45, 7) is 0.473. The molecule has 5 heterocycles. The standard InChI is InChI=1S/C53H62N2O20/c56-23-36-46(40(60)43(63)50(70-36)69-30-15-12-27(13-16-30)14-17-39(58)59)74-51-44(64)41(61)47(37(24-57)71-51)75-52-45(65)42(62)48-38(72-52)26-67-49(73-48)28-6-5-7-29(22-28)54-18-20-55(21-19-54)53(66)68-25-35-33-10-3-1-8-31(33)32-9-2-4-11-34(32)35/h1-13,15-16,22,35-38,40-52,56-57,60-65H,14,17-21,23-26H2,(H,58,59). The number of aliphatic carboxylic acids is 1. The number of ether oxygens (including phenoxy) is 9. The van der Waals surface area contributed by atoms with E-state index >= 15 is 0 Å². The summed E-state index contributed by atoms with van der Waals surface area (Å²) in [7, 11) is 0. The maximum Gasteiger partial charge on any atom is 0.409 e. The minimum atomic E-state index is -1.95. The van der Waals surface area contributed by atoms with E-state index in [4.69, 9.17) is 47.7 Å². The lowest BCUT2D eigenvalue weighted by atomic mass is 9.95. The summed E-state index contributed by atoms with van der Waals surface area (Å²) in [5.74, 6) is -0.793. The van der Waals surface area contributed by atoms with Gasteiger partial charge in [-0.25, -0.2) is 4.79 Å². The average Bonchev–Trinajstić information content (AvgIpc) is 3.76. The highest BCUT2D eigenvalue weighted by Crippen LogP contribution is 2.45. The van der Waals surface area contributed by atoms with Crippen LogP contribution >= 0.6 is 0 Å². The van der Waals surface area contributed by atoms with E-state index in [9.17, 15) is 50.4 Å². The molecule has 75 heavy (non-hydrogen) atoms. The molecule has 9 N–H and O–H groups in total. The Labute approximate surface area is 430 Å². The molecule has 0 aromatic heterocycles. The SMILES string of the molecule is O=C(O)CCc1ccc(OC2OC(CO)C(OC3OC(CO)C(OC4OC5COC(c6cccc(N7CCN(C(=O)OCC8c9ccccc9-c9ccccc98)CC7)c6)OC5C(O)C4O)C(O)C3O)C(O)C2O)cc1. The van der Waals surface area contributed by atoms with Crippen molar-refractivity contribution in [2.45, 2.75) is 117 Å². The number of carboxylic acid groups (broad SMARTS) is 1. The molecule has 22 nitrogen and oxygen atoms in total. The van der Waals surface area contributed by atoms with Crippen molar-refractivity contribution in [1.82, 2.24) is 4.90 Å². The summed E-state index contributed by atoms with van der Waals surface area (Å²) < 4.78 is 53.1. The van der Waals surface area contributed by atoms with Crippen molar-refractivity contribution in [1.29, 1.82) is 0 Å². The lowest BCUT2D eigenvalue weighted by Crippen LogP contribution is -2.67. The summed E-state index contributed by atoms with van der Waals surface area (Å²) in [4.78, 5) is 28.1. The molecule has 16 unspecified atom stereocenters. The van der Waals surface area contributed by atoms with E-state index in [2.05, 4.69) is 29.2 Å². The number of anilines is 1. The number of carbonyl (C=O) groups excluding carboxylic acids is 1. The number of aliphatic hydroxyl groups is 8. The largest absolute Gasteiger partial charge is 0.481 e. The Morgan fingerprint density at radius 3 is 1.84 bits per heavy atom. The number of aryl methyl sites for hydroxylation is 1. The quantitative estimate of drug-likeness (QED) is 0.0777. The van der Waals surface area contributed by atoms with Crippen LogP contribution in [0.3, 0.4) is 0 Å². The predicted octanol–water partition coefficient (Wildman–Crippen LogP) is 0.363. The van der Waals surface area contributed by atoms with Crippen LogP contribution in [0.1, 0.15) is 40.9 Å². The molecule has 16 atom stereocenters. The van der Waals surface area contributed by atoms with Crippen LogP contribution in [-0.2, 0) is 49.1 Å². The van der Waals surface area contributed by atoms with E-state index in [1.54, 1.807) is 23.1 Å². The summed E-state index contributed by atoms with van der Waals surface area (Å²) >= 11 is 0. The summed E-state index contributed by atoms with van der Waals surface area (Å²) in [6, 6.07) is 30.1. The molecule has 404 valence electrons. The first kappa shape index (κ1) is 53.0. The Hall–Kier alpha value is -5.38. The third-order valence-corrected chi connectivity index (χ3v) is 14.7. The van der Waals surface area contributed by atoms with Crippen LogP contribution in [0.4, 0.5) is 10.5 Å². The van der Waals surface area contributed by atoms with Gasteiger partial charge in [0.1, 0.15) is 85.6 Å². The average molecular weight is 1050 g/mol. The normalized spacial score (nSPS) is 33.8. The van der Waals surface area contributed by atoms with Crippen LogP contribution in [0.5, 0.6) is 5.75 Å². The molecular weight excluding hydrogens is 985 g/mol. The second-order valence-electron chi connectivity index (χ2n) is 19.4. The number of carbonyl (C=O) groups is 2. The molecule has 10 rings (SSSR count). The van der Waals surface area contributed by atoms with Gasteiger partial charge in [-0.2, -0.15) is 0 Å². The molecule has 6 aliphatic rings. The lowest BCUT2D eigenvalue weighted by molar-refractivity contribution is -0.392. The first-order chi connectivity index (χ1) is 36.3. The number of nitrogens with zero attached hydrogens (tertiary/aromatic N) is 2. The fourth-order valence-corrected chi connectivity index (χ4v) is 10.6. The van der Waals surface area contributed by atoms with Gasteiger partial charge in [-0.15, -0.1) is 0 Å². The zero-order valence-electron chi connectivity index (χ0n) is 40.5. The predicted molar refractivity (Wildman–Crippen MR) is 258 cm³/mol.